The number of carbonyl (C=O) groups excluding carboxylic acids is 1. The third-order valence-corrected chi connectivity index (χ3v) is 6.76. The van der Waals surface area contributed by atoms with Gasteiger partial charge in [-0.2, -0.15) is 0 Å². The van der Waals surface area contributed by atoms with Gasteiger partial charge in [-0.05, 0) is 82.1 Å². The van der Waals surface area contributed by atoms with E-state index in [1.165, 1.54) is 6.07 Å². The molecule has 9 heteroatoms. The van der Waals surface area contributed by atoms with Gasteiger partial charge in [0.2, 0.25) is 0 Å². The van der Waals surface area contributed by atoms with Gasteiger partial charge in [-0.1, -0.05) is 12.1 Å². The minimum absolute atomic E-state index is 0.0317. The van der Waals surface area contributed by atoms with Crippen molar-refractivity contribution in [3.63, 3.8) is 0 Å². The number of carbonyl (C=O) groups is 1. The second-order valence-electron chi connectivity index (χ2n) is 10.6. The molecule has 0 bridgehead atoms. The first-order chi connectivity index (χ1) is 19.4. The van der Waals surface area contributed by atoms with Gasteiger partial charge in [-0.3, -0.25) is 4.79 Å². The van der Waals surface area contributed by atoms with Crippen molar-refractivity contribution in [1.29, 1.82) is 0 Å². The van der Waals surface area contributed by atoms with Crippen LogP contribution in [0, 0.1) is 6.92 Å². The summed E-state index contributed by atoms with van der Waals surface area (Å²) in [6, 6.07) is 15.6. The maximum atomic E-state index is 13.3. The van der Waals surface area contributed by atoms with Gasteiger partial charge in [0.15, 0.2) is 0 Å². The summed E-state index contributed by atoms with van der Waals surface area (Å²) in [6.07, 6.45) is -0.262. The molecule has 1 amide bonds. The summed E-state index contributed by atoms with van der Waals surface area (Å²) >= 11 is 0. The van der Waals surface area contributed by atoms with Gasteiger partial charge in [0.05, 0.1) is 26.9 Å². The lowest BCUT2D eigenvalue weighted by molar-refractivity contribution is 0.102. The van der Waals surface area contributed by atoms with Gasteiger partial charge >= 0.3 is 5.63 Å². The van der Waals surface area contributed by atoms with Crippen molar-refractivity contribution in [3.8, 4) is 28.4 Å². The zero-order valence-corrected chi connectivity index (χ0v) is 24.2. The molecule has 0 aliphatic rings. The zero-order chi connectivity index (χ0) is 29.9. The summed E-state index contributed by atoms with van der Waals surface area (Å²) in [4.78, 5) is 26.2. The molecule has 3 aromatic carbocycles. The van der Waals surface area contributed by atoms with Gasteiger partial charge < -0.3 is 34.8 Å². The lowest BCUT2D eigenvalue weighted by atomic mass is 10.0. The maximum absolute atomic E-state index is 13.3. The van der Waals surface area contributed by atoms with Crippen LogP contribution in [0.5, 0.6) is 17.2 Å². The first-order valence-electron chi connectivity index (χ1n) is 13.3. The third-order valence-electron chi connectivity index (χ3n) is 6.76. The highest BCUT2D eigenvalue weighted by Crippen LogP contribution is 2.36. The van der Waals surface area contributed by atoms with E-state index in [0.29, 0.717) is 63.5 Å². The van der Waals surface area contributed by atoms with Gasteiger partial charge in [0.1, 0.15) is 28.5 Å². The molecular weight excluding hydrogens is 524 g/mol. The number of fused-ring (bicyclic) bond motifs is 1. The number of hydrogen-bond acceptors (Lipinski definition) is 8. The molecule has 0 aliphatic carbocycles. The Hall–Kier alpha value is -4.34. The van der Waals surface area contributed by atoms with E-state index in [2.05, 4.69) is 5.32 Å². The van der Waals surface area contributed by atoms with Crippen LogP contribution in [0.2, 0.25) is 0 Å². The third kappa shape index (κ3) is 6.70. The molecule has 1 atom stereocenters. The van der Waals surface area contributed by atoms with E-state index in [9.17, 15) is 14.7 Å². The number of aryl methyl sites for hydroxylation is 1. The van der Waals surface area contributed by atoms with Crippen LogP contribution in [0.1, 0.15) is 54.8 Å². The second-order valence-corrected chi connectivity index (χ2v) is 10.6. The second kappa shape index (κ2) is 12.0. The van der Waals surface area contributed by atoms with Crippen LogP contribution in [0.25, 0.3) is 22.1 Å². The number of benzene rings is 3. The topological polar surface area (TPSA) is 133 Å². The van der Waals surface area contributed by atoms with Gasteiger partial charge in [0.25, 0.3) is 5.91 Å². The zero-order valence-electron chi connectivity index (χ0n) is 24.2. The van der Waals surface area contributed by atoms with Crippen LogP contribution >= 0.6 is 0 Å². The number of anilines is 1. The van der Waals surface area contributed by atoms with E-state index < -0.39 is 23.2 Å². The standard InChI is InChI=1S/C32H36N2O7/c1-18-28-22(16-24(19(2)35)29(18)40-13-12-32(3,4)33)17-26(31(37)41-28)34-30(36)21-10-11-27(39-6)25(15-21)20-8-7-9-23(14-20)38-5/h7-11,14-17,19,35H,12-13,33H2,1-6H3,(H,34,36). The fraction of sp³-hybridized carbons (Fsp3) is 0.312. The molecule has 4 N–H and O–H groups in total. The quantitative estimate of drug-likeness (QED) is 0.214. The van der Waals surface area contributed by atoms with Gasteiger partial charge in [-0.25, -0.2) is 4.79 Å². The van der Waals surface area contributed by atoms with Crippen molar-refractivity contribution >= 4 is 22.6 Å². The molecule has 0 radical (unpaired) electrons. The molecule has 216 valence electrons. The number of aliphatic hydroxyl groups is 1. The molecule has 4 rings (SSSR count). The predicted octanol–water partition coefficient (Wildman–Crippen LogP) is 5.60. The van der Waals surface area contributed by atoms with Crippen molar-refractivity contribution in [2.24, 2.45) is 5.73 Å². The minimum Gasteiger partial charge on any atom is -0.497 e. The molecule has 9 nitrogen and oxygen atoms in total. The van der Waals surface area contributed by atoms with Crippen LogP contribution in [0.15, 0.2) is 63.8 Å². The van der Waals surface area contributed by atoms with E-state index in [0.717, 1.165) is 5.56 Å². The molecule has 41 heavy (non-hydrogen) atoms. The number of ether oxygens (including phenoxy) is 3. The molecule has 0 fully saturated rings. The lowest BCUT2D eigenvalue weighted by Crippen LogP contribution is -2.33. The van der Waals surface area contributed by atoms with Crippen LogP contribution in [-0.4, -0.2) is 37.4 Å². The average molecular weight is 561 g/mol. The van der Waals surface area contributed by atoms with Crippen molar-refractivity contribution in [1.82, 2.24) is 0 Å². The van der Waals surface area contributed by atoms with E-state index in [1.807, 2.05) is 38.1 Å². The first-order valence-corrected chi connectivity index (χ1v) is 13.3. The Morgan fingerprint density at radius 3 is 2.51 bits per heavy atom. The van der Waals surface area contributed by atoms with E-state index in [1.54, 1.807) is 52.3 Å². The fourth-order valence-electron chi connectivity index (χ4n) is 4.50. The van der Waals surface area contributed by atoms with E-state index in [4.69, 9.17) is 24.4 Å². The highest BCUT2D eigenvalue weighted by Gasteiger charge is 2.21. The van der Waals surface area contributed by atoms with Gasteiger partial charge in [0, 0.05) is 33.2 Å². The monoisotopic (exact) mass is 560 g/mol. The Bertz CT molecular complexity index is 1630. The maximum Gasteiger partial charge on any atom is 0.360 e. The number of aliphatic hydroxyl groups excluding tert-OH is 1. The summed E-state index contributed by atoms with van der Waals surface area (Å²) in [6.45, 7) is 7.52. The predicted molar refractivity (Wildman–Crippen MR) is 159 cm³/mol. The van der Waals surface area contributed by atoms with Crippen molar-refractivity contribution in [2.75, 3.05) is 26.1 Å². The number of methoxy groups -OCH3 is 2. The molecule has 4 aromatic rings. The van der Waals surface area contributed by atoms with Crippen molar-refractivity contribution in [3.05, 3.63) is 81.7 Å². The summed E-state index contributed by atoms with van der Waals surface area (Å²) < 4.78 is 22.5. The Balaban J connectivity index is 1.68. The van der Waals surface area contributed by atoms with Crippen LogP contribution in [0.3, 0.4) is 0 Å². The highest BCUT2D eigenvalue weighted by atomic mass is 16.5. The highest BCUT2D eigenvalue weighted by molar-refractivity contribution is 6.06. The van der Waals surface area contributed by atoms with E-state index in [-0.39, 0.29) is 5.69 Å². The molecule has 0 saturated heterocycles. The van der Waals surface area contributed by atoms with Crippen LogP contribution in [0.4, 0.5) is 5.69 Å². The number of nitrogens with one attached hydrogen (secondary N) is 1. The number of hydrogen-bond donors (Lipinski definition) is 3. The SMILES string of the molecule is COc1cccc(-c2cc(C(=O)Nc3cc4cc(C(C)O)c(OCCC(C)(C)N)c(C)c4oc3=O)ccc2OC)c1. The fourth-order valence-corrected chi connectivity index (χ4v) is 4.50. The van der Waals surface area contributed by atoms with Crippen molar-refractivity contribution in [2.45, 2.75) is 45.8 Å². The van der Waals surface area contributed by atoms with E-state index >= 15 is 0 Å². The number of rotatable bonds is 10. The molecular formula is C32H36N2O7. The normalized spacial score (nSPS) is 12.2. The number of nitrogens with two attached hydrogens (primary N) is 1. The average Bonchev–Trinajstić information content (AvgIpc) is 2.93. The molecule has 1 heterocycles. The summed E-state index contributed by atoms with van der Waals surface area (Å²) in [5.74, 6) is 1.19. The number of amides is 1. The Kier molecular flexibility index (Phi) is 8.70. The molecule has 0 saturated carbocycles. The molecule has 0 aliphatic heterocycles. The molecule has 0 spiro atoms. The summed E-state index contributed by atoms with van der Waals surface area (Å²) in [5, 5.41) is 13.7. The Morgan fingerprint density at radius 2 is 1.85 bits per heavy atom. The minimum atomic E-state index is -0.849. The lowest BCUT2D eigenvalue weighted by Gasteiger charge is -2.21. The summed E-state index contributed by atoms with van der Waals surface area (Å²) in [7, 11) is 3.13. The van der Waals surface area contributed by atoms with Crippen molar-refractivity contribution < 1.29 is 28.5 Å². The first kappa shape index (κ1) is 29.6. The van der Waals surface area contributed by atoms with Crippen LogP contribution in [-0.2, 0) is 0 Å². The van der Waals surface area contributed by atoms with Crippen LogP contribution < -0.4 is 30.9 Å². The largest absolute Gasteiger partial charge is 0.497 e. The smallest absolute Gasteiger partial charge is 0.360 e. The van der Waals surface area contributed by atoms with Gasteiger partial charge in [-0.15, -0.1) is 0 Å². The Labute approximate surface area is 238 Å². The molecule has 1 unspecified atom stereocenters. The summed E-state index contributed by atoms with van der Waals surface area (Å²) in [5.41, 5.74) is 8.13. The molecule has 1 aromatic heterocycles. The Morgan fingerprint density at radius 1 is 1.10 bits per heavy atom.